The van der Waals surface area contributed by atoms with Crippen LogP contribution in [0.15, 0.2) is 10.5 Å². The Kier molecular flexibility index (Phi) is 4.55. The van der Waals surface area contributed by atoms with Crippen LogP contribution in [0.1, 0.15) is 60.4 Å². The van der Waals surface area contributed by atoms with E-state index in [-0.39, 0.29) is 5.91 Å². The Bertz CT molecular complexity index is 669. The summed E-state index contributed by atoms with van der Waals surface area (Å²) in [6.45, 7) is 7.69. The highest BCUT2D eigenvalue weighted by atomic mass is 16.3. The normalized spacial score (nSPS) is 35.5. The van der Waals surface area contributed by atoms with Gasteiger partial charge in [0, 0.05) is 32.7 Å². The SMILES string of the molecule is Cc1oc(CN2CCNCC2)cc1C(=O)NCC12CC3CC(CC(C3)C1)C2. The van der Waals surface area contributed by atoms with E-state index in [9.17, 15) is 4.79 Å². The highest BCUT2D eigenvalue weighted by molar-refractivity contribution is 5.95. The topological polar surface area (TPSA) is 57.5 Å². The standard InChI is InChI=1S/C22H33N3O2/c1-15-20(9-19(27-15)13-25-4-2-23-3-5-25)21(26)24-14-22-10-16-6-17(11-22)8-18(7-16)12-22/h9,16-18,23H,2-8,10-14H2,1H3,(H,24,26). The molecule has 5 nitrogen and oxygen atoms in total. The highest BCUT2D eigenvalue weighted by Gasteiger charge is 2.50. The maximum absolute atomic E-state index is 12.9. The van der Waals surface area contributed by atoms with Gasteiger partial charge in [-0.05, 0) is 74.7 Å². The lowest BCUT2D eigenvalue weighted by Crippen LogP contribution is -2.51. The van der Waals surface area contributed by atoms with Crippen LogP contribution in [0.25, 0.3) is 0 Å². The molecule has 1 aromatic rings. The van der Waals surface area contributed by atoms with Crippen molar-refractivity contribution >= 4 is 5.91 Å². The summed E-state index contributed by atoms with van der Waals surface area (Å²) in [5.74, 6) is 4.49. The zero-order valence-corrected chi connectivity index (χ0v) is 16.6. The van der Waals surface area contributed by atoms with Crippen molar-refractivity contribution in [2.24, 2.45) is 23.2 Å². The van der Waals surface area contributed by atoms with E-state index in [4.69, 9.17) is 4.42 Å². The molecule has 148 valence electrons. The maximum Gasteiger partial charge on any atom is 0.254 e. The Morgan fingerprint density at radius 2 is 1.81 bits per heavy atom. The van der Waals surface area contributed by atoms with Crippen molar-refractivity contribution in [1.29, 1.82) is 0 Å². The maximum atomic E-state index is 12.9. The molecular weight excluding hydrogens is 338 g/mol. The molecule has 6 rings (SSSR count). The van der Waals surface area contributed by atoms with E-state index in [1.54, 1.807) is 0 Å². The molecule has 0 atom stereocenters. The molecule has 1 aromatic heterocycles. The van der Waals surface area contributed by atoms with Gasteiger partial charge in [-0.1, -0.05) is 0 Å². The van der Waals surface area contributed by atoms with E-state index >= 15 is 0 Å². The zero-order valence-electron chi connectivity index (χ0n) is 16.6. The van der Waals surface area contributed by atoms with Crippen LogP contribution in [0.2, 0.25) is 0 Å². The Morgan fingerprint density at radius 1 is 1.19 bits per heavy atom. The van der Waals surface area contributed by atoms with Crippen LogP contribution < -0.4 is 10.6 Å². The van der Waals surface area contributed by atoms with Crippen LogP contribution in [0.4, 0.5) is 0 Å². The van der Waals surface area contributed by atoms with Gasteiger partial charge in [-0.2, -0.15) is 0 Å². The molecule has 5 fully saturated rings. The molecule has 0 aromatic carbocycles. The van der Waals surface area contributed by atoms with E-state index in [1.807, 2.05) is 13.0 Å². The summed E-state index contributed by atoms with van der Waals surface area (Å²) in [6.07, 6.45) is 8.34. The number of piperazine rings is 1. The van der Waals surface area contributed by atoms with Crippen LogP contribution >= 0.6 is 0 Å². The number of aryl methyl sites for hydroxylation is 1. The minimum Gasteiger partial charge on any atom is -0.464 e. The predicted molar refractivity (Wildman–Crippen MR) is 105 cm³/mol. The number of nitrogens with one attached hydrogen (secondary N) is 2. The minimum atomic E-state index is 0.0542. The number of carbonyl (C=O) groups excluding carboxylic acids is 1. The predicted octanol–water partition coefficient (Wildman–Crippen LogP) is 2.94. The number of amides is 1. The third-order valence-corrected chi connectivity index (χ3v) is 7.59. The van der Waals surface area contributed by atoms with Gasteiger partial charge in [0.1, 0.15) is 11.5 Å². The van der Waals surface area contributed by atoms with Crippen LogP contribution in [-0.4, -0.2) is 43.5 Å². The number of nitrogens with zero attached hydrogens (tertiary/aromatic N) is 1. The molecule has 1 amide bonds. The lowest BCUT2D eigenvalue weighted by Gasteiger charge is -2.56. The van der Waals surface area contributed by atoms with Crippen LogP contribution in [0.3, 0.4) is 0 Å². The number of carbonyl (C=O) groups is 1. The van der Waals surface area contributed by atoms with Gasteiger partial charge < -0.3 is 15.1 Å². The summed E-state index contributed by atoms with van der Waals surface area (Å²) in [6, 6.07) is 1.96. The molecule has 0 spiro atoms. The second-order valence-electron chi connectivity index (χ2n) is 9.81. The molecule has 1 aliphatic heterocycles. The van der Waals surface area contributed by atoms with E-state index in [0.29, 0.717) is 5.41 Å². The second-order valence-corrected chi connectivity index (χ2v) is 9.81. The summed E-state index contributed by atoms with van der Waals surface area (Å²) >= 11 is 0. The molecule has 2 heterocycles. The molecule has 2 N–H and O–H groups in total. The molecule has 0 unspecified atom stereocenters. The monoisotopic (exact) mass is 371 g/mol. The molecule has 5 aliphatic rings. The van der Waals surface area contributed by atoms with E-state index in [1.165, 1.54) is 38.5 Å². The number of rotatable bonds is 5. The number of furan rings is 1. The third kappa shape index (κ3) is 3.56. The first-order valence-corrected chi connectivity index (χ1v) is 10.9. The summed E-state index contributed by atoms with van der Waals surface area (Å²) in [5.41, 5.74) is 1.11. The second kappa shape index (κ2) is 6.93. The average molecular weight is 372 g/mol. The molecule has 5 heteroatoms. The zero-order chi connectivity index (χ0) is 18.4. The van der Waals surface area contributed by atoms with Crippen molar-refractivity contribution in [3.63, 3.8) is 0 Å². The molecule has 0 radical (unpaired) electrons. The van der Waals surface area contributed by atoms with Gasteiger partial charge in [0.2, 0.25) is 0 Å². The van der Waals surface area contributed by atoms with Gasteiger partial charge in [-0.3, -0.25) is 9.69 Å². The van der Waals surface area contributed by atoms with Crippen LogP contribution in [-0.2, 0) is 6.54 Å². The lowest BCUT2D eigenvalue weighted by atomic mass is 9.49. The van der Waals surface area contributed by atoms with Gasteiger partial charge in [0.05, 0.1) is 12.1 Å². The van der Waals surface area contributed by atoms with Gasteiger partial charge in [0.25, 0.3) is 5.91 Å². The van der Waals surface area contributed by atoms with E-state index < -0.39 is 0 Å². The smallest absolute Gasteiger partial charge is 0.254 e. The summed E-state index contributed by atoms with van der Waals surface area (Å²) in [4.78, 5) is 15.3. The first-order chi connectivity index (χ1) is 13.1. The lowest BCUT2D eigenvalue weighted by molar-refractivity contribution is -0.0503. The first kappa shape index (κ1) is 17.7. The largest absolute Gasteiger partial charge is 0.464 e. The fraction of sp³-hybridized carbons (Fsp3) is 0.773. The van der Waals surface area contributed by atoms with E-state index in [2.05, 4.69) is 15.5 Å². The quantitative estimate of drug-likeness (QED) is 0.836. The van der Waals surface area contributed by atoms with Crippen LogP contribution in [0, 0.1) is 30.1 Å². The summed E-state index contributed by atoms with van der Waals surface area (Å²) < 4.78 is 5.91. The fourth-order valence-corrected chi connectivity index (χ4v) is 6.81. The Labute approximate surface area is 162 Å². The molecule has 4 saturated carbocycles. The summed E-state index contributed by atoms with van der Waals surface area (Å²) in [5, 5.41) is 6.66. The van der Waals surface area contributed by atoms with Crippen molar-refractivity contribution in [3.8, 4) is 0 Å². The fourth-order valence-electron chi connectivity index (χ4n) is 6.81. The van der Waals surface area contributed by atoms with Crippen molar-refractivity contribution in [1.82, 2.24) is 15.5 Å². The van der Waals surface area contributed by atoms with Crippen LogP contribution in [0.5, 0.6) is 0 Å². The Hall–Kier alpha value is -1.33. The highest BCUT2D eigenvalue weighted by Crippen LogP contribution is 2.59. The van der Waals surface area contributed by atoms with Gasteiger partial charge >= 0.3 is 0 Å². The molecular formula is C22H33N3O2. The molecule has 1 saturated heterocycles. The van der Waals surface area contributed by atoms with Crippen molar-refractivity contribution < 1.29 is 9.21 Å². The Morgan fingerprint density at radius 3 is 2.44 bits per heavy atom. The first-order valence-electron chi connectivity index (χ1n) is 10.9. The van der Waals surface area contributed by atoms with Gasteiger partial charge in [-0.25, -0.2) is 0 Å². The average Bonchev–Trinajstić information content (AvgIpc) is 3.00. The van der Waals surface area contributed by atoms with Gasteiger partial charge in [-0.15, -0.1) is 0 Å². The number of hydrogen-bond donors (Lipinski definition) is 2. The minimum absolute atomic E-state index is 0.0542. The molecule has 4 aliphatic carbocycles. The Balaban J connectivity index is 1.21. The van der Waals surface area contributed by atoms with Crippen molar-refractivity contribution in [3.05, 3.63) is 23.2 Å². The third-order valence-electron chi connectivity index (χ3n) is 7.59. The summed E-state index contributed by atoms with van der Waals surface area (Å²) in [7, 11) is 0. The molecule has 27 heavy (non-hydrogen) atoms. The van der Waals surface area contributed by atoms with Crippen molar-refractivity contribution in [2.75, 3.05) is 32.7 Å². The van der Waals surface area contributed by atoms with E-state index in [0.717, 1.165) is 74.1 Å². The molecule has 4 bridgehead atoms. The van der Waals surface area contributed by atoms with Gasteiger partial charge in [0.15, 0.2) is 0 Å². The van der Waals surface area contributed by atoms with Crippen molar-refractivity contribution in [2.45, 2.75) is 52.0 Å². The number of hydrogen-bond acceptors (Lipinski definition) is 4.